The number of nitrogens with one attached hydrogen (secondary N) is 6. The van der Waals surface area contributed by atoms with Crippen LogP contribution in [0.1, 0.15) is 103 Å². The van der Waals surface area contributed by atoms with Crippen LogP contribution in [0.4, 0.5) is 0 Å². The van der Waals surface area contributed by atoms with E-state index in [9.17, 15) is 0 Å². The van der Waals surface area contributed by atoms with Gasteiger partial charge in [-0.1, -0.05) is 102 Å². The minimum absolute atomic E-state index is 0. The molecular weight excluding hydrogens is 559 g/mol. The number of hydrogen-bond donors (Lipinski definition) is 6. The molecule has 5 heterocycles. The molecule has 0 aromatic rings. The van der Waals surface area contributed by atoms with Crippen molar-refractivity contribution in [1.82, 2.24) is 31.9 Å². The Morgan fingerprint density at radius 3 is 0.762 bits per heavy atom. The van der Waals surface area contributed by atoms with Crippen LogP contribution in [0.2, 0.25) is 0 Å². The summed E-state index contributed by atoms with van der Waals surface area (Å²) in [5.74, 6) is 5.59. The normalized spacial score (nSPS) is 54.9. The third-order valence-corrected chi connectivity index (χ3v) is 13.6. The summed E-state index contributed by atoms with van der Waals surface area (Å²) < 4.78 is 0. The maximum atomic E-state index is 5.61. The Kier molecular flexibility index (Phi) is 9.60. The van der Waals surface area contributed by atoms with Gasteiger partial charge in [0.1, 0.15) is 0 Å². The first-order chi connectivity index (χ1) is 19.8. The van der Waals surface area contributed by atoms with Gasteiger partial charge in [0, 0.05) is 0 Å². The summed E-state index contributed by atoms with van der Waals surface area (Å²) in [6.07, 6.45) is 24.5. The van der Waals surface area contributed by atoms with E-state index in [1.807, 2.05) is 0 Å². The van der Waals surface area contributed by atoms with Crippen molar-refractivity contribution >= 4 is 17.4 Å². The first-order valence-corrected chi connectivity index (χ1v) is 17.8. The molecular formula is C32H54AlClN8. The third-order valence-electron chi connectivity index (χ3n) is 13.6. The largest absolute Gasteiger partial charge is 3.00 e. The first kappa shape index (κ1) is 31.1. The molecule has 9 aliphatic rings. The molecule has 232 valence electrons. The molecule has 16 atom stereocenters. The second kappa shape index (κ2) is 13.0. The van der Waals surface area contributed by atoms with Crippen LogP contribution >= 0.6 is 0 Å². The van der Waals surface area contributed by atoms with Crippen molar-refractivity contribution in [2.45, 2.75) is 152 Å². The van der Waals surface area contributed by atoms with Crippen molar-refractivity contribution in [3.8, 4) is 0 Å². The van der Waals surface area contributed by atoms with E-state index in [1.54, 1.807) is 0 Å². The molecule has 4 aliphatic carbocycles. The molecule has 0 aromatic carbocycles. The monoisotopic (exact) mass is 612 g/mol. The molecule has 9 fully saturated rings. The summed E-state index contributed by atoms with van der Waals surface area (Å²) in [6.45, 7) is 0. The molecule has 0 aromatic heterocycles. The van der Waals surface area contributed by atoms with Crippen LogP contribution < -0.4 is 44.3 Å². The first-order valence-electron chi connectivity index (χ1n) is 17.8. The Hall–Kier alpha value is 0.502. The maximum absolute atomic E-state index is 5.61. The van der Waals surface area contributed by atoms with Crippen molar-refractivity contribution in [1.29, 1.82) is 0 Å². The van der Waals surface area contributed by atoms with E-state index in [0.29, 0.717) is 72.0 Å². The summed E-state index contributed by atoms with van der Waals surface area (Å²) in [5.41, 5.74) is 0. The van der Waals surface area contributed by atoms with Gasteiger partial charge >= 0.3 is 17.4 Å². The van der Waals surface area contributed by atoms with Crippen LogP contribution in [-0.2, 0) is 0 Å². The van der Waals surface area contributed by atoms with Crippen LogP contribution in [0.15, 0.2) is 0 Å². The van der Waals surface area contributed by atoms with Gasteiger partial charge in [0.05, 0.1) is 24.7 Å². The Labute approximate surface area is 270 Å². The van der Waals surface area contributed by atoms with Gasteiger partial charge in [-0.05, 0) is 73.0 Å². The zero-order valence-electron chi connectivity index (χ0n) is 25.4. The van der Waals surface area contributed by atoms with Crippen LogP contribution in [0.5, 0.6) is 0 Å². The van der Waals surface area contributed by atoms with Crippen LogP contribution in [-0.4, -0.2) is 66.7 Å². The van der Waals surface area contributed by atoms with Crippen molar-refractivity contribution in [2.75, 3.05) is 0 Å². The summed E-state index contributed by atoms with van der Waals surface area (Å²) in [4.78, 5) is 0. The molecule has 5 saturated heterocycles. The molecule has 16 unspecified atom stereocenters. The van der Waals surface area contributed by atoms with Crippen molar-refractivity contribution < 1.29 is 12.4 Å². The summed E-state index contributed by atoms with van der Waals surface area (Å²) in [5, 5.41) is 36.3. The van der Waals surface area contributed by atoms with Crippen molar-refractivity contribution in [3.63, 3.8) is 0 Å². The van der Waals surface area contributed by atoms with E-state index in [0.717, 1.165) is 0 Å². The van der Waals surface area contributed by atoms with Gasteiger partial charge in [0.2, 0.25) is 0 Å². The fourth-order valence-corrected chi connectivity index (χ4v) is 11.7. The molecule has 4 saturated carbocycles. The summed E-state index contributed by atoms with van der Waals surface area (Å²) in [7, 11) is 0. The Morgan fingerprint density at radius 1 is 0.310 bits per heavy atom. The Morgan fingerprint density at radius 2 is 0.524 bits per heavy atom. The molecule has 8 bridgehead atoms. The number of halogens is 1. The topological polar surface area (TPSA) is 100 Å². The molecule has 5 aliphatic heterocycles. The standard InChI is InChI=1S/C32H54N8.Al.ClH/c1-2-10-18-17(9-1)25-33-26(18)38-28-21-13-5-6-14-22(21)30(35-28)40-32-24-16-8-7-15-23(24)31(36-32)39-29-20-12-4-3-11-19(20)27(34-29)37-25;;/h17-33,36-40H,1-16H2;;1H/q-2;+3;/p-1. The predicted molar refractivity (Wildman–Crippen MR) is 163 cm³/mol. The number of nitrogens with zero attached hydrogens (tertiary/aromatic N) is 2. The molecule has 42 heavy (non-hydrogen) atoms. The van der Waals surface area contributed by atoms with Gasteiger partial charge in [0.25, 0.3) is 0 Å². The molecule has 0 amide bonds. The molecule has 6 N–H and O–H groups in total. The molecule has 10 heteroatoms. The minimum Gasteiger partial charge on any atom is -1.00 e. The van der Waals surface area contributed by atoms with E-state index in [-0.39, 0.29) is 54.4 Å². The molecule has 0 spiro atoms. The zero-order chi connectivity index (χ0) is 26.2. The quantitative estimate of drug-likeness (QED) is 0.227. The van der Waals surface area contributed by atoms with E-state index in [4.69, 9.17) is 10.6 Å². The Bertz CT molecular complexity index is 723. The number of rotatable bonds is 0. The fourth-order valence-electron chi connectivity index (χ4n) is 11.7. The van der Waals surface area contributed by atoms with E-state index in [1.165, 1.54) is 103 Å². The van der Waals surface area contributed by atoms with E-state index < -0.39 is 0 Å². The molecule has 8 nitrogen and oxygen atoms in total. The van der Waals surface area contributed by atoms with Gasteiger partial charge in [-0.25, -0.2) is 0 Å². The number of hydrogen-bond acceptors (Lipinski definition) is 6. The molecule has 0 radical (unpaired) electrons. The van der Waals surface area contributed by atoms with Gasteiger partial charge in [-0.15, -0.1) is 0 Å². The average molecular weight is 613 g/mol. The van der Waals surface area contributed by atoms with Gasteiger partial charge in [-0.2, -0.15) is 0 Å². The zero-order valence-corrected chi connectivity index (χ0v) is 27.3. The SMILES string of the molecule is C1CCC2C3[N-]C(NC4NC(NC5[N-]C(NC6NC(N3)C3CCCCC63)C3CCCCC53)C3CCCCC43)C2C1.[Al+3].[Cl-]. The number of fused-ring (bicyclic) bond motifs is 20. The second-order valence-corrected chi connectivity index (χ2v) is 15.4. The Balaban J connectivity index is 0.00000144. The smallest absolute Gasteiger partial charge is 1.00 e. The van der Waals surface area contributed by atoms with Crippen molar-refractivity contribution in [3.05, 3.63) is 10.6 Å². The third kappa shape index (κ3) is 5.37. The summed E-state index contributed by atoms with van der Waals surface area (Å²) >= 11 is 0. The fraction of sp³-hybridized carbons (Fsp3) is 1.00. The van der Waals surface area contributed by atoms with Gasteiger partial charge < -0.3 is 44.3 Å². The van der Waals surface area contributed by atoms with Gasteiger partial charge in [0.15, 0.2) is 0 Å². The van der Waals surface area contributed by atoms with Crippen LogP contribution in [0.25, 0.3) is 10.6 Å². The molecule has 9 rings (SSSR count). The maximum Gasteiger partial charge on any atom is 3.00 e. The van der Waals surface area contributed by atoms with E-state index in [2.05, 4.69) is 31.9 Å². The van der Waals surface area contributed by atoms with Crippen LogP contribution in [0.3, 0.4) is 0 Å². The van der Waals surface area contributed by atoms with E-state index >= 15 is 0 Å². The predicted octanol–water partition coefficient (Wildman–Crippen LogP) is 0.797. The van der Waals surface area contributed by atoms with Crippen LogP contribution in [0, 0.1) is 47.3 Å². The second-order valence-electron chi connectivity index (χ2n) is 15.4. The van der Waals surface area contributed by atoms with Gasteiger partial charge in [-0.3, -0.25) is 10.6 Å². The van der Waals surface area contributed by atoms with Crippen molar-refractivity contribution in [2.24, 2.45) is 47.3 Å². The summed E-state index contributed by atoms with van der Waals surface area (Å²) in [6, 6.07) is 0. The minimum atomic E-state index is 0. The average Bonchev–Trinajstić information content (AvgIpc) is 3.73.